The molecule has 1 aromatic carbocycles. The van der Waals surface area contributed by atoms with Crippen molar-refractivity contribution in [2.24, 2.45) is 5.14 Å². The molecule has 0 spiro atoms. The highest BCUT2D eigenvalue weighted by Gasteiger charge is 2.20. The molecule has 0 saturated carbocycles. The molecule has 0 fully saturated rings. The Morgan fingerprint density at radius 1 is 1.29 bits per heavy atom. The van der Waals surface area contributed by atoms with E-state index < -0.39 is 14.9 Å². The fraction of sp³-hybridized carbons (Fsp3) is 0. The van der Waals surface area contributed by atoms with Gasteiger partial charge in [-0.15, -0.1) is 0 Å². The van der Waals surface area contributed by atoms with E-state index in [1.54, 1.807) is 6.07 Å². The molecule has 0 aliphatic carbocycles. The summed E-state index contributed by atoms with van der Waals surface area (Å²) in [6.45, 7) is 0. The lowest BCUT2D eigenvalue weighted by molar-refractivity contribution is 0.597. The number of benzene rings is 1. The van der Waals surface area contributed by atoms with Crippen molar-refractivity contribution >= 4 is 33.2 Å². The number of nitriles is 1. The van der Waals surface area contributed by atoms with Gasteiger partial charge in [-0.2, -0.15) is 5.26 Å². The van der Waals surface area contributed by atoms with Crippen molar-refractivity contribution in [1.29, 1.82) is 5.26 Å². The molecule has 0 radical (unpaired) electrons. The van der Waals surface area contributed by atoms with E-state index in [1.165, 1.54) is 12.1 Å². The van der Waals surface area contributed by atoms with E-state index >= 15 is 0 Å². The zero-order valence-electron chi connectivity index (χ0n) is 6.66. The zero-order chi connectivity index (χ0) is 10.9. The van der Waals surface area contributed by atoms with Crippen molar-refractivity contribution in [1.82, 2.24) is 0 Å². The van der Waals surface area contributed by atoms with E-state index in [9.17, 15) is 8.42 Å². The minimum absolute atomic E-state index is 0.000856. The summed E-state index contributed by atoms with van der Waals surface area (Å²) < 4.78 is 22.1. The second-order valence-electron chi connectivity index (χ2n) is 2.39. The average Bonchev–Trinajstić information content (AvgIpc) is 2.06. The summed E-state index contributed by atoms with van der Waals surface area (Å²) >= 11 is 11.2. The van der Waals surface area contributed by atoms with E-state index in [0.717, 1.165) is 0 Å². The standard InChI is InChI=1S/C7H4Cl2N2O2S/c8-5-1-2-6(9)7(4(5)3-10)14(11,12)13/h1-2H,(H2,11,12,13). The number of rotatable bonds is 1. The summed E-state index contributed by atoms with van der Waals surface area (Å²) in [7, 11) is -4.04. The molecular weight excluding hydrogens is 247 g/mol. The smallest absolute Gasteiger partial charge is 0.225 e. The first-order valence-corrected chi connectivity index (χ1v) is 5.59. The summed E-state index contributed by atoms with van der Waals surface area (Å²) in [5.74, 6) is 0. The molecule has 0 aliphatic heterocycles. The Morgan fingerprint density at radius 2 is 1.79 bits per heavy atom. The van der Waals surface area contributed by atoms with Crippen LogP contribution < -0.4 is 5.14 Å². The maximum Gasteiger partial charge on any atom is 0.240 e. The molecule has 0 unspecified atom stereocenters. The number of nitrogens with zero attached hydrogens (tertiary/aromatic N) is 1. The van der Waals surface area contributed by atoms with Crippen LogP contribution in [-0.4, -0.2) is 8.42 Å². The van der Waals surface area contributed by atoms with Gasteiger partial charge in [0.25, 0.3) is 0 Å². The fourth-order valence-electron chi connectivity index (χ4n) is 0.916. The van der Waals surface area contributed by atoms with Gasteiger partial charge < -0.3 is 0 Å². The number of hydrogen-bond donors (Lipinski definition) is 1. The lowest BCUT2D eigenvalue weighted by atomic mass is 10.2. The summed E-state index contributed by atoms with van der Waals surface area (Å²) in [6, 6.07) is 4.23. The monoisotopic (exact) mass is 250 g/mol. The van der Waals surface area contributed by atoms with Crippen LogP contribution in [0.2, 0.25) is 10.0 Å². The molecule has 74 valence electrons. The predicted molar refractivity (Wildman–Crippen MR) is 52.6 cm³/mol. The Hall–Kier alpha value is -0.800. The summed E-state index contributed by atoms with van der Waals surface area (Å²) in [5.41, 5.74) is -0.235. The van der Waals surface area contributed by atoms with Crippen LogP contribution in [0, 0.1) is 11.3 Å². The van der Waals surface area contributed by atoms with Crippen molar-refractivity contribution in [2.75, 3.05) is 0 Å². The van der Waals surface area contributed by atoms with Gasteiger partial charge in [0.15, 0.2) is 0 Å². The van der Waals surface area contributed by atoms with Crippen molar-refractivity contribution in [2.45, 2.75) is 4.90 Å². The Kier molecular flexibility index (Phi) is 3.02. The van der Waals surface area contributed by atoms with Gasteiger partial charge in [-0.25, -0.2) is 13.6 Å². The third-order valence-electron chi connectivity index (χ3n) is 1.46. The van der Waals surface area contributed by atoms with E-state index in [4.69, 9.17) is 33.6 Å². The Bertz CT molecular complexity index is 519. The molecule has 7 heteroatoms. The second-order valence-corrected chi connectivity index (χ2v) is 4.70. The number of nitrogens with two attached hydrogens (primary N) is 1. The lowest BCUT2D eigenvalue weighted by Crippen LogP contribution is -2.14. The van der Waals surface area contributed by atoms with E-state index in [-0.39, 0.29) is 15.6 Å². The quantitative estimate of drug-likeness (QED) is 0.820. The van der Waals surface area contributed by atoms with E-state index in [0.29, 0.717) is 0 Å². The molecular formula is C7H4Cl2N2O2S. The Morgan fingerprint density at radius 3 is 2.14 bits per heavy atom. The van der Waals surface area contributed by atoms with Gasteiger partial charge >= 0.3 is 0 Å². The van der Waals surface area contributed by atoms with Crippen LogP contribution >= 0.6 is 23.2 Å². The van der Waals surface area contributed by atoms with Gasteiger partial charge in [0.05, 0.1) is 15.6 Å². The van der Waals surface area contributed by atoms with Crippen LogP contribution in [0.1, 0.15) is 5.56 Å². The normalized spacial score (nSPS) is 11.0. The summed E-state index contributed by atoms with van der Waals surface area (Å²) in [5, 5.41) is 13.4. The van der Waals surface area contributed by atoms with Crippen LogP contribution in [0.4, 0.5) is 0 Å². The van der Waals surface area contributed by atoms with Crippen molar-refractivity contribution in [3.05, 3.63) is 27.7 Å². The Balaban J connectivity index is 3.74. The molecule has 0 bridgehead atoms. The number of halogens is 2. The van der Waals surface area contributed by atoms with Gasteiger partial charge in [0.2, 0.25) is 10.0 Å². The molecule has 0 amide bonds. The average molecular weight is 251 g/mol. The van der Waals surface area contributed by atoms with Crippen molar-refractivity contribution in [3.63, 3.8) is 0 Å². The fourth-order valence-corrected chi connectivity index (χ4v) is 2.43. The molecule has 0 saturated heterocycles. The number of hydrogen-bond acceptors (Lipinski definition) is 3. The Labute approximate surface area is 90.9 Å². The second kappa shape index (κ2) is 3.75. The predicted octanol–water partition coefficient (Wildman–Crippen LogP) is 1.51. The van der Waals surface area contributed by atoms with Crippen LogP contribution in [0.5, 0.6) is 0 Å². The van der Waals surface area contributed by atoms with Crippen molar-refractivity contribution < 1.29 is 8.42 Å². The minimum atomic E-state index is -4.04. The SMILES string of the molecule is N#Cc1c(Cl)ccc(Cl)c1S(N)(=O)=O. The highest BCUT2D eigenvalue weighted by atomic mass is 35.5. The van der Waals surface area contributed by atoms with Crippen LogP contribution in [0.15, 0.2) is 17.0 Å². The van der Waals surface area contributed by atoms with E-state index in [2.05, 4.69) is 0 Å². The van der Waals surface area contributed by atoms with Gasteiger partial charge in [-0.1, -0.05) is 23.2 Å². The molecule has 4 nitrogen and oxygen atoms in total. The van der Waals surface area contributed by atoms with Crippen LogP contribution in [0.3, 0.4) is 0 Å². The first-order valence-electron chi connectivity index (χ1n) is 3.29. The first-order chi connectivity index (χ1) is 6.38. The molecule has 0 aliphatic rings. The number of primary sulfonamides is 1. The topological polar surface area (TPSA) is 83.9 Å². The molecule has 1 aromatic rings. The van der Waals surface area contributed by atoms with Gasteiger partial charge in [0.1, 0.15) is 11.0 Å². The molecule has 0 heterocycles. The summed E-state index contributed by atoms with van der Waals surface area (Å²) in [4.78, 5) is -0.436. The van der Waals surface area contributed by atoms with E-state index in [1.807, 2.05) is 0 Å². The highest BCUT2D eigenvalue weighted by molar-refractivity contribution is 7.89. The van der Waals surface area contributed by atoms with Gasteiger partial charge in [-0.05, 0) is 12.1 Å². The highest BCUT2D eigenvalue weighted by Crippen LogP contribution is 2.29. The molecule has 14 heavy (non-hydrogen) atoms. The maximum atomic E-state index is 11.1. The van der Waals surface area contributed by atoms with Crippen LogP contribution in [-0.2, 0) is 10.0 Å². The largest absolute Gasteiger partial charge is 0.240 e. The number of sulfonamides is 1. The third kappa shape index (κ3) is 1.99. The van der Waals surface area contributed by atoms with Gasteiger partial charge in [-0.3, -0.25) is 0 Å². The lowest BCUT2D eigenvalue weighted by Gasteiger charge is -2.04. The molecule has 1 rings (SSSR count). The van der Waals surface area contributed by atoms with Crippen LogP contribution in [0.25, 0.3) is 0 Å². The molecule has 0 atom stereocenters. The summed E-state index contributed by atoms with van der Waals surface area (Å²) in [6.07, 6.45) is 0. The van der Waals surface area contributed by atoms with Crippen molar-refractivity contribution in [3.8, 4) is 6.07 Å². The third-order valence-corrected chi connectivity index (χ3v) is 3.19. The maximum absolute atomic E-state index is 11.1. The van der Waals surface area contributed by atoms with Gasteiger partial charge in [0, 0.05) is 0 Å². The first kappa shape index (κ1) is 11.3. The minimum Gasteiger partial charge on any atom is -0.225 e. The molecule has 0 aromatic heterocycles. The zero-order valence-corrected chi connectivity index (χ0v) is 8.99. The molecule has 2 N–H and O–H groups in total.